The first-order valence-corrected chi connectivity index (χ1v) is 11.5. The lowest BCUT2D eigenvalue weighted by Crippen LogP contribution is -2.48. The summed E-state index contributed by atoms with van der Waals surface area (Å²) in [7, 11) is -3.86. The molecule has 5 rings (SSSR count). The molecule has 2 aliphatic heterocycles. The zero-order valence-electron chi connectivity index (χ0n) is 16.4. The molecule has 3 heterocycles. The maximum atomic E-state index is 13.6. The van der Waals surface area contributed by atoms with Gasteiger partial charge in [0.25, 0.3) is 0 Å². The molecule has 0 saturated carbocycles. The van der Waals surface area contributed by atoms with E-state index in [1.165, 1.54) is 16.4 Å². The van der Waals surface area contributed by atoms with Gasteiger partial charge in [-0.15, -0.1) is 0 Å². The highest BCUT2D eigenvalue weighted by Gasteiger charge is 2.59. The van der Waals surface area contributed by atoms with E-state index >= 15 is 0 Å². The Kier molecular flexibility index (Phi) is 4.16. The van der Waals surface area contributed by atoms with E-state index in [4.69, 9.17) is 0 Å². The van der Waals surface area contributed by atoms with Crippen LogP contribution in [0.2, 0.25) is 0 Å². The average molecular weight is 426 g/mol. The van der Waals surface area contributed by atoms with Crippen molar-refractivity contribution >= 4 is 32.7 Å². The minimum atomic E-state index is -3.86. The molecule has 1 saturated heterocycles. The Labute approximate surface area is 173 Å². The van der Waals surface area contributed by atoms with Crippen LogP contribution in [0.15, 0.2) is 52.2 Å². The summed E-state index contributed by atoms with van der Waals surface area (Å²) in [6, 6.07) is 11.6. The number of rotatable bonds is 4. The van der Waals surface area contributed by atoms with Gasteiger partial charge in [0.1, 0.15) is 0 Å². The Morgan fingerprint density at radius 3 is 2.67 bits per heavy atom. The number of anilines is 1. The fourth-order valence-corrected chi connectivity index (χ4v) is 6.76. The van der Waals surface area contributed by atoms with Gasteiger partial charge in [0, 0.05) is 18.3 Å². The van der Waals surface area contributed by atoms with E-state index < -0.39 is 21.5 Å². The molecule has 3 aromatic rings. The third kappa shape index (κ3) is 2.51. The summed E-state index contributed by atoms with van der Waals surface area (Å²) < 4.78 is 28.7. The molecular weight excluding hydrogens is 404 g/mol. The van der Waals surface area contributed by atoms with Crippen molar-refractivity contribution in [1.29, 1.82) is 0 Å². The van der Waals surface area contributed by atoms with E-state index in [0.717, 1.165) is 17.7 Å². The number of imidazole rings is 1. The Balaban J connectivity index is 1.62. The fraction of sp³-hybridized carbons (Fsp3) is 0.333. The molecule has 0 bridgehead atoms. The van der Waals surface area contributed by atoms with E-state index in [9.17, 15) is 18.0 Å². The maximum absolute atomic E-state index is 13.6. The number of aromatic amines is 2. The minimum Gasteiger partial charge on any atom is -0.325 e. The summed E-state index contributed by atoms with van der Waals surface area (Å²) in [5, 5.41) is 2.95. The number of carbonyl (C=O) groups is 1. The molecule has 2 atom stereocenters. The van der Waals surface area contributed by atoms with Crippen LogP contribution in [-0.4, -0.2) is 41.2 Å². The van der Waals surface area contributed by atoms with E-state index in [2.05, 4.69) is 15.3 Å². The molecular formula is C21H22N4O4S. The number of sulfonamides is 1. The molecule has 30 heavy (non-hydrogen) atoms. The van der Waals surface area contributed by atoms with E-state index in [1.807, 2.05) is 31.2 Å². The molecule has 9 heteroatoms. The SMILES string of the molecule is CCC[C@@H]1N(S(=O)(=O)c2ccc3[nH]c(=O)[nH]c3c2)CC[C@]12C(=O)Nc1ccccc12. The lowest BCUT2D eigenvalue weighted by atomic mass is 9.74. The van der Waals surface area contributed by atoms with E-state index in [-0.39, 0.29) is 23.0 Å². The Morgan fingerprint density at radius 2 is 1.87 bits per heavy atom. The average Bonchev–Trinajstić information content (AvgIpc) is 3.36. The fourth-order valence-electron chi connectivity index (χ4n) is 5.03. The van der Waals surface area contributed by atoms with Crippen LogP contribution < -0.4 is 11.0 Å². The maximum Gasteiger partial charge on any atom is 0.323 e. The number of para-hydroxylation sites is 1. The van der Waals surface area contributed by atoms with Crippen LogP contribution in [0.25, 0.3) is 11.0 Å². The highest BCUT2D eigenvalue weighted by molar-refractivity contribution is 7.89. The van der Waals surface area contributed by atoms with Crippen LogP contribution in [0.4, 0.5) is 5.69 Å². The van der Waals surface area contributed by atoms with Gasteiger partial charge in [0.15, 0.2) is 0 Å². The molecule has 2 aliphatic rings. The second-order valence-corrected chi connectivity index (χ2v) is 9.82. The molecule has 1 spiro atoms. The standard InChI is InChI=1S/C21H22N4O4S/c1-2-5-18-21(14-6-3-4-7-15(14)22-19(21)26)10-11-25(18)30(28,29)13-8-9-16-17(12-13)24-20(27)23-16/h3-4,6-9,12,18H,2,5,10-11H2,1H3,(H,22,26)(H2,23,24,27)/t18-,21+/m0/s1. The van der Waals surface area contributed by atoms with Crippen LogP contribution in [0.5, 0.6) is 0 Å². The van der Waals surface area contributed by atoms with Crippen LogP contribution in [-0.2, 0) is 20.2 Å². The second kappa shape index (κ2) is 6.55. The summed E-state index contributed by atoms with van der Waals surface area (Å²) in [4.78, 5) is 30.0. The minimum absolute atomic E-state index is 0.107. The number of benzene rings is 2. The molecule has 1 aromatic heterocycles. The summed E-state index contributed by atoms with van der Waals surface area (Å²) in [5.74, 6) is -0.134. The highest BCUT2D eigenvalue weighted by Crippen LogP contribution is 2.50. The predicted molar refractivity (Wildman–Crippen MR) is 113 cm³/mol. The van der Waals surface area contributed by atoms with Gasteiger partial charge >= 0.3 is 5.69 Å². The van der Waals surface area contributed by atoms with Crippen LogP contribution in [0, 0.1) is 0 Å². The number of H-pyrrole nitrogens is 2. The van der Waals surface area contributed by atoms with Crippen molar-refractivity contribution in [2.75, 3.05) is 11.9 Å². The third-order valence-electron chi connectivity index (χ3n) is 6.36. The second-order valence-electron chi connectivity index (χ2n) is 7.93. The Hall–Kier alpha value is -2.91. The number of nitrogens with one attached hydrogen (secondary N) is 3. The van der Waals surface area contributed by atoms with Crippen LogP contribution >= 0.6 is 0 Å². The van der Waals surface area contributed by atoms with E-state index in [1.54, 1.807) is 6.07 Å². The molecule has 0 radical (unpaired) electrons. The van der Waals surface area contributed by atoms with Crippen molar-refractivity contribution in [3.05, 3.63) is 58.5 Å². The van der Waals surface area contributed by atoms with Gasteiger partial charge in [0.05, 0.1) is 21.3 Å². The Bertz CT molecular complexity index is 1330. The largest absolute Gasteiger partial charge is 0.325 e. The highest BCUT2D eigenvalue weighted by atomic mass is 32.2. The summed E-state index contributed by atoms with van der Waals surface area (Å²) >= 11 is 0. The van der Waals surface area contributed by atoms with Crippen molar-refractivity contribution < 1.29 is 13.2 Å². The molecule has 1 amide bonds. The number of carbonyl (C=O) groups excluding carboxylic acids is 1. The van der Waals surface area contributed by atoms with Gasteiger partial charge in [0.2, 0.25) is 15.9 Å². The number of nitrogens with zero attached hydrogens (tertiary/aromatic N) is 1. The first-order valence-electron chi connectivity index (χ1n) is 10.0. The first-order chi connectivity index (χ1) is 14.4. The molecule has 0 aliphatic carbocycles. The third-order valence-corrected chi connectivity index (χ3v) is 8.26. The van der Waals surface area contributed by atoms with Crippen LogP contribution in [0.3, 0.4) is 0 Å². The van der Waals surface area contributed by atoms with Gasteiger partial charge in [-0.05, 0) is 42.7 Å². The number of aromatic nitrogens is 2. The van der Waals surface area contributed by atoms with Crippen molar-refractivity contribution in [1.82, 2.24) is 14.3 Å². The Morgan fingerprint density at radius 1 is 1.10 bits per heavy atom. The summed E-state index contributed by atoms with van der Waals surface area (Å²) in [6.45, 7) is 2.25. The first kappa shape index (κ1) is 19.1. The zero-order chi connectivity index (χ0) is 21.1. The quantitative estimate of drug-likeness (QED) is 0.594. The van der Waals surface area contributed by atoms with Gasteiger partial charge in [-0.2, -0.15) is 4.31 Å². The predicted octanol–water partition coefficient (Wildman–Crippen LogP) is 2.31. The molecule has 3 N–H and O–H groups in total. The van der Waals surface area contributed by atoms with E-state index in [0.29, 0.717) is 23.9 Å². The van der Waals surface area contributed by atoms with Gasteiger partial charge in [-0.3, -0.25) is 4.79 Å². The normalized spacial score (nSPS) is 23.9. The topological polar surface area (TPSA) is 115 Å². The zero-order valence-corrected chi connectivity index (χ0v) is 17.3. The van der Waals surface area contributed by atoms with Crippen molar-refractivity contribution in [3.8, 4) is 0 Å². The number of hydrogen-bond donors (Lipinski definition) is 3. The van der Waals surface area contributed by atoms with Crippen LogP contribution in [0.1, 0.15) is 31.7 Å². The lowest BCUT2D eigenvalue weighted by Gasteiger charge is -2.33. The molecule has 2 aromatic carbocycles. The van der Waals surface area contributed by atoms with Crippen molar-refractivity contribution in [2.45, 2.75) is 42.5 Å². The monoisotopic (exact) mass is 426 g/mol. The van der Waals surface area contributed by atoms with Gasteiger partial charge < -0.3 is 15.3 Å². The number of fused-ring (bicyclic) bond motifs is 3. The molecule has 0 unspecified atom stereocenters. The summed E-state index contributed by atoms with van der Waals surface area (Å²) in [5.41, 5.74) is 1.34. The molecule has 8 nitrogen and oxygen atoms in total. The number of hydrogen-bond acceptors (Lipinski definition) is 4. The number of amides is 1. The molecule has 1 fully saturated rings. The van der Waals surface area contributed by atoms with Gasteiger partial charge in [-0.25, -0.2) is 13.2 Å². The van der Waals surface area contributed by atoms with Crippen molar-refractivity contribution in [3.63, 3.8) is 0 Å². The lowest BCUT2D eigenvalue weighted by molar-refractivity contribution is -0.121. The van der Waals surface area contributed by atoms with Gasteiger partial charge in [-0.1, -0.05) is 31.5 Å². The molecule has 156 valence electrons. The smallest absolute Gasteiger partial charge is 0.323 e. The summed E-state index contributed by atoms with van der Waals surface area (Å²) in [6.07, 6.45) is 1.76. The van der Waals surface area contributed by atoms with Crippen molar-refractivity contribution in [2.24, 2.45) is 0 Å².